The molecule has 1 aliphatic carbocycles. The van der Waals surface area contributed by atoms with Crippen LogP contribution in [0.25, 0.3) is 0 Å². The highest BCUT2D eigenvalue weighted by Crippen LogP contribution is 2.30. The zero-order chi connectivity index (χ0) is 12.3. The summed E-state index contributed by atoms with van der Waals surface area (Å²) in [6.45, 7) is 5.86. The molecular formula is C15H30N2. The largest absolute Gasteiger partial charge is 0.313 e. The standard InChI is InChI=1S/C15H30N2/c1-4-13-6-9-14(10-7-13)17(3)15-8-5-12(2)16-11-15/h12-16H,4-11H2,1-3H3. The summed E-state index contributed by atoms with van der Waals surface area (Å²) in [6, 6.07) is 2.38. The van der Waals surface area contributed by atoms with Crippen molar-refractivity contribution in [1.82, 2.24) is 10.2 Å². The van der Waals surface area contributed by atoms with E-state index in [-0.39, 0.29) is 0 Å². The van der Waals surface area contributed by atoms with E-state index in [2.05, 4.69) is 31.1 Å². The fourth-order valence-corrected chi connectivity index (χ4v) is 3.59. The first kappa shape index (κ1) is 13.4. The van der Waals surface area contributed by atoms with Crippen LogP contribution in [0.15, 0.2) is 0 Å². The van der Waals surface area contributed by atoms with Crippen molar-refractivity contribution in [3.63, 3.8) is 0 Å². The molecule has 1 saturated heterocycles. The maximum absolute atomic E-state index is 3.63. The molecule has 2 aliphatic rings. The number of nitrogens with zero attached hydrogens (tertiary/aromatic N) is 1. The van der Waals surface area contributed by atoms with Crippen molar-refractivity contribution in [1.29, 1.82) is 0 Å². The van der Waals surface area contributed by atoms with Crippen LogP contribution in [0, 0.1) is 5.92 Å². The summed E-state index contributed by atoms with van der Waals surface area (Å²) in [4.78, 5) is 2.69. The molecule has 0 amide bonds. The second-order valence-corrected chi connectivity index (χ2v) is 6.29. The van der Waals surface area contributed by atoms with Crippen LogP contribution in [-0.4, -0.2) is 36.6 Å². The normalized spacial score (nSPS) is 39.5. The number of nitrogens with one attached hydrogen (secondary N) is 1. The van der Waals surface area contributed by atoms with E-state index in [1.54, 1.807) is 0 Å². The second kappa shape index (κ2) is 6.19. The Kier molecular flexibility index (Phi) is 4.87. The molecule has 0 bridgehead atoms. The molecule has 0 aromatic rings. The van der Waals surface area contributed by atoms with E-state index in [1.165, 1.54) is 51.5 Å². The quantitative estimate of drug-likeness (QED) is 0.813. The smallest absolute Gasteiger partial charge is 0.0221 e. The van der Waals surface area contributed by atoms with Gasteiger partial charge in [0.05, 0.1) is 0 Å². The number of hydrogen-bond donors (Lipinski definition) is 1. The van der Waals surface area contributed by atoms with E-state index in [9.17, 15) is 0 Å². The Balaban J connectivity index is 1.78. The van der Waals surface area contributed by atoms with Gasteiger partial charge in [-0.2, -0.15) is 0 Å². The van der Waals surface area contributed by atoms with E-state index in [0.717, 1.165) is 24.0 Å². The first-order valence-electron chi connectivity index (χ1n) is 7.66. The zero-order valence-corrected chi connectivity index (χ0v) is 11.9. The van der Waals surface area contributed by atoms with Gasteiger partial charge in [0.15, 0.2) is 0 Å². The first-order valence-corrected chi connectivity index (χ1v) is 7.66. The molecule has 2 heteroatoms. The summed E-state index contributed by atoms with van der Waals surface area (Å²) in [5, 5.41) is 3.63. The molecule has 1 heterocycles. The lowest BCUT2D eigenvalue weighted by atomic mass is 9.83. The average Bonchev–Trinajstić information content (AvgIpc) is 2.39. The van der Waals surface area contributed by atoms with Crippen LogP contribution in [0.5, 0.6) is 0 Å². The lowest BCUT2D eigenvalue weighted by Gasteiger charge is -2.41. The van der Waals surface area contributed by atoms with Crippen molar-refractivity contribution >= 4 is 0 Å². The van der Waals surface area contributed by atoms with E-state index in [4.69, 9.17) is 0 Å². The molecule has 100 valence electrons. The molecule has 2 atom stereocenters. The van der Waals surface area contributed by atoms with E-state index in [0.29, 0.717) is 0 Å². The molecule has 0 radical (unpaired) electrons. The molecule has 2 nitrogen and oxygen atoms in total. The van der Waals surface area contributed by atoms with Crippen LogP contribution in [-0.2, 0) is 0 Å². The second-order valence-electron chi connectivity index (χ2n) is 6.29. The average molecular weight is 238 g/mol. The Morgan fingerprint density at radius 1 is 1.00 bits per heavy atom. The predicted octanol–water partition coefficient (Wildman–Crippen LogP) is 3.03. The molecule has 1 aliphatic heterocycles. The van der Waals surface area contributed by atoms with Crippen molar-refractivity contribution in [2.24, 2.45) is 5.92 Å². The van der Waals surface area contributed by atoms with Gasteiger partial charge in [0, 0.05) is 24.7 Å². The molecule has 1 saturated carbocycles. The summed E-state index contributed by atoms with van der Waals surface area (Å²) < 4.78 is 0. The molecule has 0 aromatic heterocycles. The minimum absolute atomic E-state index is 0.732. The fourth-order valence-electron chi connectivity index (χ4n) is 3.59. The number of likely N-dealkylation sites (N-methyl/N-ethyl adjacent to an activating group) is 1. The Morgan fingerprint density at radius 3 is 2.18 bits per heavy atom. The van der Waals surface area contributed by atoms with Crippen LogP contribution in [0.4, 0.5) is 0 Å². The van der Waals surface area contributed by atoms with Gasteiger partial charge in [0.2, 0.25) is 0 Å². The van der Waals surface area contributed by atoms with Crippen LogP contribution in [0.1, 0.15) is 58.8 Å². The molecule has 2 unspecified atom stereocenters. The lowest BCUT2D eigenvalue weighted by Crippen LogP contribution is -2.51. The third-order valence-electron chi connectivity index (χ3n) is 5.18. The highest BCUT2D eigenvalue weighted by molar-refractivity contribution is 4.86. The SMILES string of the molecule is CCC1CCC(N(C)C2CCC(C)NC2)CC1. The highest BCUT2D eigenvalue weighted by atomic mass is 15.2. The number of piperidine rings is 1. The molecule has 0 spiro atoms. The summed E-state index contributed by atoms with van der Waals surface area (Å²) in [6.07, 6.45) is 9.91. The van der Waals surface area contributed by atoms with Crippen LogP contribution in [0.2, 0.25) is 0 Å². The Bertz CT molecular complexity index is 213. The van der Waals surface area contributed by atoms with E-state index < -0.39 is 0 Å². The molecule has 0 aromatic carbocycles. The number of hydrogen-bond acceptors (Lipinski definition) is 2. The Hall–Kier alpha value is -0.0800. The van der Waals surface area contributed by atoms with Crippen LogP contribution in [0.3, 0.4) is 0 Å². The van der Waals surface area contributed by atoms with E-state index in [1.807, 2.05) is 0 Å². The molecule has 1 N–H and O–H groups in total. The maximum Gasteiger partial charge on any atom is 0.0221 e. The minimum atomic E-state index is 0.732. The number of rotatable bonds is 3. The van der Waals surface area contributed by atoms with Gasteiger partial charge in [-0.25, -0.2) is 0 Å². The van der Waals surface area contributed by atoms with Crippen molar-refractivity contribution in [2.45, 2.75) is 76.9 Å². The van der Waals surface area contributed by atoms with Gasteiger partial charge < -0.3 is 5.32 Å². The van der Waals surface area contributed by atoms with Gasteiger partial charge in [-0.05, 0) is 58.4 Å². The van der Waals surface area contributed by atoms with Crippen molar-refractivity contribution in [3.8, 4) is 0 Å². The first-order chi connectivity index (χ1) is 8.20. The van der Waals surface area contributed by atoms with Crippen molar-refractivity contribution in [3.05, 3.63) is 0 Å². The molecule has 17 heavy (non-hydrogen) atoms. The van der Waals surface area contributed by atoms with Gasteiger partial charge in [0.1, 0.15) is 0 Å². The Morgan fingerprint density at radius 2 is 1.65 bits per heavy atom. The van der Waals surface area contributed by atoms with Crippen LogP contribution >= 0.6 is 0 Å². The van der Waals surface area contributed by atoms with Crippen molar-refractivity contribution < 1.29 is 0 Å². The zero-order valence-electron chi connectivity index (χ0n) is 11.9. The van der Waals surface area contributed by atoms with Gasteiger partial charge in [0.25, 0.3) is 0 Å². The van der Waals surface area contributed by atoms with Crippen LogP contribution < -0.4 is 5.32 Å². The summed E-state index contributed by atoms with van der Waals surface area (Å²) in [5.41, 5.74) is 0. The van der Waals surface area contributed by atoms with Gasteiger partial charge in [-0.3, -0.25) is 4.90 Å². The third-order valence-corrected chi connectivity index (χ3v) is 5.18. The Labute approximate surface area is 107 Å². The summed E-state index contributed by atoms with van der Waals surface area (Å²) in [7, 11) is 2.36. The molecule has 2 fully saturated rings. The molecule has 2 rings (SSSR count). The fraction of sp³-hybridized carbons (Fsp3) is 1.00. The predicted molar refractivity (Wildman–Crippen MR) is 74.3 cm³/mol. The molecular weight excluding hydrogens is 208 g/mol. The monoisotopic (exact) mass is 238 g/mol. The summed E-state index contributed by atoms with van der Waals surface area (Å²) in [5.74, 6) is 1.02. The van der Waals surface area contributed by atoms with Gasteiger partial charge >= 0.3 is 0 Å². The van der Waals surface area contributed by atoms with Crippen molar-refractivity contribution in [2.75, 3.05) is 13.6 Å². The topological polar surface area (TPSA) is 15.3 Å². The van der Waals surface area contributed by atoms with E-state index >= 15 is 0 Å². The maximum atomic E-state index is 3.63. The lowest BCUT2D eigenvalue weighted by molar-refractivity contribution is 0.0975. The van der Waals surface area contributed by atoms with Gasteiger partial charge in [-0.1, -0.05) is 13.3 Å². The highest BCUT2D eigenvalue weighted by Gasteiger charge is 2.29. The van der Waals surface area contributed by atoms with Gasteiger partial charge in [-0.15, -0.1) is 0 Å². The summed E-state index contributed by atoms with van der Waals surface area (Å²) >= 11 is 0. The minimum Gasteiger partial charge on any atom is -0.313 e. The third kappa shape index (κ3) is 3.45.